The van der Waals surface area contributed by atoms with Gasteiger partial charge in [-0.2, -0.15) is 0 Å². The van der Waals surface area contributed by atoms with E-state index in [9.17, 15) is 0 Å². The van der Waals surface area contributed by atoms with E-state index >= 15 is 0 Å². The summed E-state index contributed by atoms with van der Waals surface area (Å²) in [4.78, 5) is 4.28. The van der Waals surface area contributed by atoms with Crippen LogP contribution < -0.4 is 5.32 Å². The average Bonchev–Trinajstić information content (AvgIpc) is 3.04. The van der Waals surface area contributed by atoms with Gasteiger partial charge in [0.25, 0.3) is 0 Å². The van der Waals surface area contributed by atoms with Gasteiger partial charge in [0.2, 0.25) is 0 Å². The smallest absolute Gasteiger partial charge is 0.0367 e. The van der Waals surface area contributed by atoms with E-state index in [1.807, 2.05) is 11.8 Å². The molecule has 3 rings (SSSR count). The Morgan fingerprint density at radius 2 is 2.19 bits per heavy atom. The molecule has 2 nitrogen and oxygen atoms in total. The van der Waals surface area contributed by atoms with Gasteiger partial charge in [-0.15, -0.1) is 11.8 Å². The molecule has 2 atom stereocenters. The van der Waals surface area contributed by atoms with Crippen LogP contribution >= 0.6 is 11.8 Å². The molecule has 2 aliphatic rings. The van der Waals surface area contributed by atoms with Crippen molar-refractivity contribution >= 4 is 11.8 Å². The van der Waals surface area contributed by atoms with Crippen LogP contribution in [0.3, 0.4) is 0 Å². The third-order valence-electron chi connectivity index (χ3n) is 4.78. The molecule has 2 unspecified atom stereocenters. The number of unbranched alkanes of at least 4 members (excludes halogenated alkanes) is 1. The van der Waals surface area contributed by atoms with E-state index in [1.165, 1.54) is 62.4 Å². The highest BCUT2D eigenvalue weighted by Crippen LogP contribution is 2.39. The zero-order valence-corrected chi connectivity index (χ0v) is 14.0. The normalized spacial score (nSPS) is 25.2. The molecule has 0 aliphatic carbocycles. The van der Waals surface area contributed by atoms with Crippen molar-refractivity contribution in [1.82, 2.24) is 10.2 Å². The maximum absolute atomic E-state index is 3.68. The molecule has 0 aromatic heterocycles. The van der Waals surface area contributed by atoms with Crippen molar-refractivity contribution in [3.8, 4) is 0 Å². The zero-order valence-electron chi connectivity index (χ0n) is 13.2. The van der Waals surface area contributed by atoms with Gasteiger partial charge in [-0.3, -0.25) is 4.90 Å². The lowest BCUT2D eigenvalue weighted by atomic mass is 10.0. The first-order valence-corrected chi connectivity index (χ1v) is 9.56. The number of rotatable bonds is 6. The Morgan fingerprint density at radius 3 is 3.00 bits per heavy atom. The fraction of sp³-hybridized carbons (Fsp3) is 0.667. The summed E-state index contributed by atoms with van der Waals surface area (Å²) in [6.45, 7) is 5.99. The molecule has 2 heterocycles. The predicted octanol–water partition coefficient (Wildman–Crippen LogP) is 4.08. The summed E-state index contributed by atoms with van der Waals surface area (Å²) >= 11 is 2.03. The van der Waals surface area contributed by atoms with Crippen LogP contribution in [0.5, 0.6) is 0 Å². The molecule has 0 radical (unpaired) electrons. The Bertz CT molecular complexity index is 443. The van der Waals surface area contributed by atoms with Crippen molar-refractivity contribution in [1.29, 1.82) is 0 Å². The molecule has 1 fully saturated rings. The van der Waals surface area contributed by atoms with Gasteiger partial charge in [0.05, 0.1) is 0 Å². The summed E-state index contributed by atoms with van der Waals surface area (Å²) in [5.74, 6) is 1.27. The van der Waals surface area contributed by atoms with Crippen LogP contribution in [0.25, 0.3) is 0 Å². The minimum absolute atomic E-state index is 0.636. The second-order valence-electron chi connectivity index (χ2n) is 6.33. The molecule has 3 heteroatoms. The van der Waals surface area contributed by atoms with Crippen molar-refractivity contribution in [2.24, 2.45) is 0 Å². The summed E-state index contributed by atoms with van der Waals surface area (Å²) in [7, 11) is 0. The number of nitrogens with zero attached hydrogens (tertiary/aromatic N) is 1. The molecule has 1 aromatic rings. The van der Waals surface area contributed by atoms with Crippen molar-refractivity contribution in [3.05, 3.63) is 29.8 Å². The number of fused-ring (bicyclic) bond motifs is 1. The van der Waals surface area contributed by atoms with Gasteiger partial charge in [0, 0.05) is 23.5 Å². The highest BCUT2D eigenvalue weighted by Gasteiger charge is 2.28. The molecule has 2 aliphatic heterocycles. The van der Waals surface area contributed by atoms with Crippen LogP contribution in [-0.4, -0.2) is 36.3 Å². The largest absolute Gasteiger partial charge is 0.313 e. The van der Waals surface area contributed by atoms with Crippen molar-refractivity contribution in [2.75, 3.05) is 25.4 Å². The number of thioether (sulfide) groups is 1. The monoisotopic (exact) mass is 304 g/mol. The highest BCUT2D eigenvalue weighted by molar-refractivity contribution is 7.99. The lowest BCUT2D eigenvalue weighted by molar-refractivity contribution is 0.170. The van der Waals surface area contributed by atoms with E-state index in [0.29, 0.717) is 12.1 Å². The molecular formula is C18H28N2S. The molecule has 0 bridgehead atoms. The summed E-state index contributed by atoms with van der Waals surface area (Å²) in [6, 6.07) is 10.4. The Balaban J connectivity index is 1.75. The van der Waals surface area contributed by atoms with Crippen LogP contribution in [0.15, 0.2) is 29.2 Å². The number of hydrogen-bond donors (Lipinski definition) is 1. The lowest BCUT2D eigenvalue weighted by Gasteiger charge is -2.37. The standard InChI is InChI=1S/C18H28N2S/c1-2-3-12-20(14-15-7-6-11-19-15)17-10-13-21-18-9-5-4-8-16(17)18/h4-5,8-9,15,17,19H,2-3,6-7,10-14H2,1H3. The molecular weight excluding hydrogens is 276 g/mol. The second kappa shape index (κ2) is 7.66. The van der Waals surface area contributed by atoms with Crippen LogP contribution in [0.1, 0.15) is 50.6 Å². The first-order chi connectivity index (χ1) is 10.4. The molecule has 0 saturated carbocycles. The minimum Gasteiger partial charge on any atom is -0.313 e. The molecule has 1 saturated heterocycles. The summed E-state index contributed by atoms with van der Waals surface area (Å²) in [6.07, 6.45) is 6.61. The van der Waals surface area contributed by atoms with Gasteiger partial charge in [-0.25, -0.2) is 0 Å². The van der Waals surface area contributed by atoms with Gasteiger partial charge < -0.3 is 5.32 Å². The quantitative estimate of drug-likeness (QED) is 0.852. The van der Waals surface area contributed by atoms with Gasteiger partial charge in [0.1, 0.15) is 0 Å². The van der Waals surface area contributed by atoms with Crippen LogP contribution in [0.2, 0.25) is 0 Å². The van der Waals surface area contributed by atoms with Gasteiger partial charge in [-0.1, -0.05) is 31.5 Å². The van der Waals surface area contributed by atoms with E-state index in [4.69, 9.17) is 0 Å². The van der Waals surface area contributed by atoms with Crippen LogP contribution in [0.4, 0.5) is 0 Å². The predicted molar refractivity (Wildman–Crippen MR) is 92.0 cm³/mol. The lowest BCUT2D eigenvalue weighted by Crippen LogP contribution is -2.41. The maximum Gasteiger partial charge on any atom is 0.0367 e. The summed E-state index contributed by atoms with van der Waals surface area (Å²) in [5.41, 5.74) is 1.57. The molecule has 116 valence electrons. The number of benzene rings is 1. The van der Waals surface area contributed by atoms with Gasteiger partial charge in [-0.05, 0) is 56.2 Å². The van der Waals surface area contributed by atoms with E-state index in [2.05, 4.69) is 41.4 Å². The first-order valence-electron chi connectivity index (χ1n) is 8.57. The zero-order chi connectivity index (χ0) is 14.5. The SMILES string of the molecule is CCCCN(CC1CCCN1)C1CCSc2ccccc21. The second-order valence-corrected chi connectivity index (χ2v) is 7.47. The fourth-order valence-electron chi connectivity index (χ4n) is 3.63. The Hall–Kier alpha value is -0.510. The third-order valence-corrected chi connectivity index (χ3v) is 5.91. The summed E-state index contributed by atoms with van der Waals surface area (Å²) in [5, 5.41) is 3.68. The van der Waals surface area contributed by atoms with Crippen molar-refractivity contribution < 1.29 is 0 Å². The highest BCUT2D eigenvalue weighted by atomic mass is 32.2. The fourth-order valence-corrected chi connectivity index (χ4v) is 4.74. The molecule has 1 N–H and O–H groups in total. The van der Waals surface area contributed by atoms with Crippen LogP contribution in [-0.2, 0) is 0 Å². The van der Waals surface area contributed by atoms with E-state index in [-0.39, 0.29) is 0 Å². The van der Waals surface area contributed by atoms with E-state index < -0.39 is 0 Å². The number of hydrogen-bond acceptors (Lipinski definition) is 3. The minimum atomic E-state index is 0.636. The van der Waals surface area contributed by atoms with E-state index in [1.54, 1.807) is 5.56 Å². The summed E-state index contributed by atoms with van der Waals surface area (Å²) < 4.78 is 0. The molecule has 0 spiro atoms. The average molecular weight is 305 g/mol. The topological polar surface area (TPSA) is 15.3 Å². The Kier molecular flexibility index (Phi) is 5.61. The van der Waals surface area contributed by atoms with Crippen molar-refractivity contribution in [3.63, 3.8) is 0 Å². The van der Waals surface area contributed by atoms with Gasteiger partial charge >= 0.3 is 0 Å². The molecule has 1 aromatic carbocycles. The third kappa shape index (κ3) is 3.82. The van der Waals surface area contributed by atoms with E-state index in [0.717, 1.165) is 0 Å². The maximum atomic E-state index is 3.68. The molecule has 21 heavy (non-hydrogen) atoms. The van der Waals surface area contributed by atoms with Crippen molar-refractivity contribution in [2.45, 2.75) is 56.0 Å². The molecule has 0 amide bonds. The Labute approximate surface area is 133 Å². The first kappa shape index (κ1) is 15.4. The Morgan fingerprint density at radius 1 is 1.29 bits per heavy atom. The van der Waals surface area contributed by atoms with Crippen LogP contribution in [0, 0.1) is 0 Å². The van der Waals surface area contributed by atoms with Gasteiger partial charge in [0.15, 0.2) is 0 Å². The number of nitrogens with one attached hydrogen (secondary N) is 1.